The van der Waals surface area contributed by atoms with Crippen molar-refractivity contribution >= 4 is 56.9 Å². The Morgan fingerprint density at radius 1 is 0.708 bits per heavy atom. The number of anilines is 1. The number of fused-ring (bicyclic) bond motifs is 1. The van der Waals surface area contributed by atoms with E-state index in [4.69, 9.17) is 19.7 Å². The van der Waals surface area contributed by atoms with Gasteiger partial charge in [-0.25, -0.2) is 14.6 Å². The first-order chi connectivity index (χ1) is 35.2. The van der Waals surface area contributed by atoms with Gasteiger partial charge in [-0.05, 0) is 29.5 Å². The average Bonchev–Trinajstić information content (AvgIpc) is 4.15. The maximum absolute atomic E-state index is 15.1. The molecule has 7 aromatic rings. The van der Waals surface area contributed by atoms with Crippen LogP contribution in [0.2, 0.25) is 0 Å². The Bertz CT molecular complexity index is 2980. The topological polar surface area (TPSA) is 180 Å². The van der Waals surface area contributed by atoms with Crippen LogP contribution in [0.5, 0.6) is 0 Å². The molecule has 362 valence electrons. The number of carbonyl (C=O) groups is 4. The highest BCUT2D eigenvalue weighted by atomic mass is 32.2. The van der Waals surface area contributed by atoms with Crippen molar-refractivity contribution < 1.29 is 38.1 Å². The summed E-state index contributed by atoms with van der Waals surface area (Å²) in [5.74, 6) is -3.47. The number of nitrogens with one attached hydrogen (secondary N) is 2. The van der Waals surface area contributed by atoms with Crippen LogP contribution < -0.4 is 10.6 Å². The number of thiazole rings is 1. The monoisotopic (exact) mass is 996 g/mol. The van der Waals surface area contributed by atoms with E-state index in [9.17, 15) is 23.7 Å². The van der Waals surface area contributed by atoms with Crippen LogP contribution in [-0.2, 0) is 45.9 Å². The Morgan fingerprint density at radius 3 is 1.62 bits per heavy atom. The van der Waals surface area contributed by atoms with Crippen LogP contribution in [0.1, 0.15) is 51.9 Å². The second kappa shape index (κ2) is 20.6. The van der Waals surface area contributed by atoms with Crippen molar-refractivity contribution in [3.8, 4) is 0 Å². The number of carbonyl (C=O) groups excluding carboxylic acids is 3. The minimum absolute atomic E-state index is 0.0255. The van der Waals surface area contributed by atoms with Crippen LogP contribution >= 0.6 is 11.3 Å². The molecule has 3 amide bonds. The number of rotatable bonds is 16. The SMILES string of the molecule is O=C(O)C1=C(COC(=O)N2CCCC2)CS(=O)[C@H]2C(NC(=O)C(=NOC(c3ccccc3)(c3ccccc3)c3ccccc3)c3csc(NC(c4ccccc4)(c4ccccc4)c4ccccc4)n3)C(=O)N12. The number of hydrogen-bond donors (Lipinski definition) is 3. The molecule has 3 N–H and O–H groups in total. The third-order valence-corrected chi connectivity index (χ3v) is 15.5. The first kappa shape index (κ1) is 47.5. The molecule has 0 spiro atoms. The molecule has 2 fully saturated rings. The fourth-order valence-corrected chi connectivity index (χ4v) is 12.1. The molecule has 72 heavy (non-hydrogen) atoms. The van der Waals surface area contributed by atoms with Gasteiger partial charge in [0.2, 0.25) is 5.60 Å². The molecule has 3 aliphatic rings. The highest BCUT2D eigenvalue weighted by Crippen LogP contribution is 2.43. The number of likely N-dealkylation sites (tertiary alicyclic amines) is 1. The van der Waals surface area contributed by atoms with Crippen molar-refractivity contribution in [2.75, 3.05) is 30.8 Å². The highest BCUT2D eigenvalue weighted by Gasteiger charge is 2.57. The largest absolute Gasteiger partial charge is 0.477 e. The zero-order chi connectivity index (χ0) is 49.7. The molecule has 0 aliphatic carbocycles. The molecule has 14 nitrogen and oxygen atoms in total. The molecule has 2 saturated heterocycles. The summed E-state index contributed by atoms with van der Waals surface area (Å²) in [7, 11) is -1.92. The number of carboxylic acids is 1. The summed E-state index contributed by atoms with van der Waals surface area (Å²) in [4.78, 5) is 69.1. The minimum atomic E-state index is -1.92. The third-order valence-electron chi connectivity index (χ3n) is 13.1. The van der Waals surface area contributed by atoms with Crippen molar-refractivity contribution in [2.45, 2.75) is 35.4 Å². The molecule has 1 aromatic heterocycles. The average molecular weight is 997 g/mol. The second-order valence-electron chi connectivity index (χ2n) is 17.4. The van der Waals surface area contributed by atoms with E-state index in [0.29, 0.717) is 34.9 Å². The van der Waals surface area contributed by atoms with Crippen molar-refractivity contribution in [3.63, 3.8) is 0 Å². The zero-order valence-electron chi connectivity index (χ0n) is 38.7. The highest BCUT2D eigenvalue weighted by molar-refractivity contribution is 7.86. The summed E-state index contributed by atoms with van der Waals surface area (Å²) >= 11 is 1.23. The number of amides is 3. The van der Waals surface area contributed by atoms with Gasteiger partial charge >= 0.3 is 12.1 Å². The lowest BCUT2D eigenvalue weighted by molar-refractivity contribution is -0.150. The quantitative estimate of drug-likeness (QED) is 0.0370. The van der Waals surface area contributed by atoms with Gasteiger partial charge in [0.1, 0.15) is 35.0 Å². The minimum Gasteiger partial charge on any atom is -0.477 e. The zero-order valence-corrected chi connectivity index (χ0v) is 40.3. The van der Waals surface area contributed by atoms with Crippen molar-refractivity contribution in [1.29, 1.82) is 0 Å². The summed E-state index contributed by atoms with van der Waals surface area (Å²) in [5, 5.41) is 22.5. The van der Waals surface area contributed by atoms with E-state index in [0.717, 1.165) is 34.4 Å². The summed E-state index contributed by atoms with van der Waals surface area (Å²) in [5.41, 5.74) is 1.81. The van der Waals surface area contributed by atoms with Gasteiger partial charge in [0.25, 0.3) is 11.8 Å². The lowest BCUT2D eigenvalue weighted by Crippen LogP contribution is -2.74. The van der Waals surface area contributed by atoms with Crippen LogP contribution in [0.3, 0.4) is 0 Å². The second-order valence-corrected chi connectivity index (χ2v) is 19.8. The van der Waals surface area contributed by atoms with Crippen LogP contribution in [0.15, 0.2) is 204 Å². The Balaban J connectivity index is 1.05. The molecule has 10 rings (SSSR count). The van der Waals surface area contributed by atoms with Gasteiger partial charge < -0.3 is 30.2 Å². The summed E-state index contributed by atoms with van der Waals surface area (Å²) in [6, 6.07) is 56.9. The van der Waals surface area contributed by atoms with E-state index >= 15 is 4.79 Å². The van der Waals surface area contributed by atoms with Crippen LogP contribution in [0.4, 0.5) is 9.93 Å². The first-order valence-electron chi connectivity index (χ1n) is 23.4. The number of oxime groups is 1. The Hall–Kier alpha value is -8.21. The van der Waals surface area contributed by atoms with E-state index in [1.165, 1.54) is 16.2 Å². The number of hydrogen-bond acceptors (Lipinski definition) is 11. The number of ether oxygens (including phenoxy) is 1. The fourth-order valence-electron chi connectivity index (χ4n) is 9.69. The molecular formula is C56H48N6O8S2. The Morgan fingerprint density at radius 2 is 1.17 bits per heavy atom. The molecule has 0 saturated carbocycles. The maximum atomic E-state index is 15.1. The molecular weight excluding hydrogens is 949 g/mol. The van der Waals surface area contributed by atoms with Gasteiger partial charge in [-0.3, -0.25) is 18.7 Å². The van der Waals surface area contributed by atoms with Crippen molar-refractivity contribution in [2.24, 2.45) is 5.16 Å². The Labute approximate surface area is 422 Å². The molecule has 3 atom stereocenters. The van der Waals surface area contributed by atoms with Crippen LogP contribution in [-0.4, -0.2) is 90.6 Å². The number of benzene rings is 6. The third kappa shape index (κ3) is 8.94. The number of carboxylic acid groups (broad SMARTS) is 1. The predicted molar refractivity (Wildman–Crippen MR) is 274 cm³/mol. The molecule has 3 aliphatic heterocycles. The first-order valence-corrected chi connectivity index (χ1v) is 25.7. The predicted octanol–water partition coefficient (Wildman–Crippen LogP) is 8.25. The number of nitrogens with zero attached hydrogens (tertiary/aromatic N) is 4. The van der Waals surface area contributed by atoms with Crippen molar-refractivity contribution in [3.05, 3.63) is 238 Å². The normalized spacial score (nSPS) is 17.9. The van der Waals surface area contributed by atoms with Gasteiger partial charge in [-0.2, -0.15) is 0 Å². The van der Waals surface area contributed by atoms with E-state index in [-0.39, 0.29) is 22.7 Å². The maximum Gasteiger partial charge on any atom is 0.410 e. The lowest BCUT2D eigenvalue weighted by atomic mass is 9.77. The summed E-state index contributed by atoms with van der Waals surface area (Å²) in [6.45, 7) is 0.567. The van der Waals surface area contributed by atoms with Gasteiger partial charge in [0, 0.05) is 40.7 Å². The number of aliphatic carboxylic acids is 1. The van der Waals surface area contributed by atoms with E-state index in [1.807, 2.05) is 182 Å². The van der Waals surface area contributed by atoms with E-state index in [2.05, 4.69) is 10.6 Å². The molecule has 16 heteroatoms. The van der Waals surface area contributed by atoms with Crippen molar-refractivity contribution in [1.82, 2.24) is 20.1 Å². The number of aromatic nitrogens is 1. The van der Waals surface area contributed by atoms with Gasteiger partial charge in [-0.15, -0.1) is 11.3 Å². The smallest absolute Gasteiger partial charge is 0.410 e. The molecule has 0 radical (unpaired) electrons. The summed E-state index contributed by atoms with van der Waals surface area (Å²) < 4.78 is 19.5. The standard InChI is InChI=1S/C56H48N6O8S2/c63-49(58-47-50(64)62-48(52(65)66)38(37-72(68)51(47)62)35-69-54(67)61-33-19-20-34-61)46(60-70-56(42-27-13-4-14-28-42,43-29-15-5-16-30-43)44-31-17-6-18-32-44)45-36-71-53(57-45)59-55(39-21-7-1-8-22-39,40-23-9-2-10-24-40)41-25-11-3-12-26-41/h1-18,21-32,36,47,51H,19-20,33-35,37H2,(H,57,59)(H,58,63)(H,65,66)/t47?,51-,72?/m0/s1. The van der Waals surface area contributed by atoms with Gasteiger partial charge in [0.05, 0.1) is 16.6 Å². The molecule has 6 aromatic carbocycles. The summed E-state index contributed by atoms with van der Waals surface area (Å²) in [6.07, 6.45) is 1.03. The molecule has 0 bridgehead atoms. The number of β-lactam (4-membered cyclic amide) rings is 1. The lowest BCUT2D eigenvalue weighted by Gasteiger charge is -2.48. The van der Waals surface area contributed by atoms with E-state index < -0.39 is 69.5 Å². The van der Waals surface area contributed by atoms with Crippen LogP contribution in [0.25, 0.3) is 0 Å². The molecule has 4 heterocycles. The van der Waals surface area contributed by atoms with Crippen LogP contribution in [0, 0.1) is 0 Å². The van der Waals surface area contributed by atoms with Gasteiger partial charge in [0.15, 0.2) is 10.8 Å². The molecule has 2 unspecified atom stereocenters. The fraction of sp³-hybridized carbons (Fsp3) is 0.179. The Kier molecular flexibility index (Phi) is 13.6. The van der Waals surface area contributed by atoms with E-state index in [1.54, 1.807) is 5.38 Å². The van der Waals surface area contributed by atoms with Gasteiger partial charge in [-0.1, -0.05) is 187 Å².